The Morgan fingerprint density at radius 1 is 1.14 bits per heavy atom. The summed E-state index contributed by atoms with van der Waals surface area (Å²) in [5.41, 5.74) is 1.17. The molecule has 0 bridgehead atoms. The van der Waals surface area contributed by atoms with Gasteiger partial charge in [0.2, 0.25) is 0 Å². The molecule has 0 aromatic heterocycles. The summed E-state index contributed by atoms with van der Waals surface area (Å²) < 4.78 is 18.1. The predicted octanol–water partition coefficient (Wildman–Crippen LogP) is 4.18. The average Bonchev–Trinajstić information content (AvgIpc) is 2.56. The smallest absolute Gasteiger partial charge is 0.184 e. The summed E-state index contributed by atoms with van der Waals surface area (Å²) >= 11 is 0. The third kappa shape index (κ3) is 4.19. The van der Waals surface area contributed by atoms with Crippen LogP contribution >= 0.6 is 0 Å². The van der Waals surface area contributed by atoms with Crippen LogP contribution in [0.2, 0.25) is 0 Å². The summed E-state index contributed by atoms with van der Waals surface area (Å²) in [7, 11) is 0. The molecule has 0 aliphatic carbocycles. The first-order valence-electron chi connectivity index (χ1n) is 8.20. The van der Waals surface area contributed by atoms with Crippen LogP contribution < -0.4 is 0 Å². The Morgan fingerprint density at radius 2 is 1.86 bits per heavy atom. The van der Waals surface area contributed by atoms with E-state index >= 15 is 0 Å². The highest BCUT2D eigenvalue weighted by molar-refractivity contribution is 5.13. The zero-order chi connectivity index (χ0) is 15.9. The Kier molecular flexibility index (Phi) is 6.62. The van der Waals surface area contributed by atoms with E-state index in [0.29, 0.717) is 25.0 Å². The molecule has 122 valence electrons. The van der Waals surface area contributed by atoms with Gasteiger partial charge in [0.15, 0.2) is 6.29 Å². The van der Waals surface area contributed by atoms with Gasteiger partial charge in [-0.05, 0) is 23.8 Å². The molecule has 3 heteroatoms. The van der Waals surface area contributed by atoms with Crippen LogP contribution in [0.5, 0.6) is 0 Å². The van der Waals surface area contributed by atoms with Gasteiger partial charge in [0.05, 0.1) is 19.3 Å². The van der Waals surface area contributed by atoms with Crippen LogP contribution in [0.4, 0.5) is 0 Å². The summed E-state index contributed by atoms with van der Waals surface area (Å²) in [6, 6.07) is 10.2. The molecule has 0 radical (unpaired) electrons. The molecule has 22 heavy (non-hydrogen) atoms. The van der Waals surface area contributed by atoms with E-state index in [0.717, 1.165) is 6.42 Å². The summed E-state index contributed by atoms with van der Waals surface area (Å²) in [5, 5.41) is 0. The Hall–Kier alpha value is -1.16. The molecule has 0 N–H and O–H groups in total. The lowest BCUT2D eigenvalue weighted by Gasteiger charge is -2.44. The van der Waals surface area contributed by atoms with Crippen LogP contribution in [0.1, 0.15) is 32.8 Å². The first kappa shape index (κ1) is 17.2. The lowest BCUT2D eigenvalue weighted by molar-refractivity contribution is -0.279. The minimum Gasteiger partial charge on any atom is -0.368 e. The van der Waals surface area contributed by atoms with Crippen LogP contribution in [-0.2, 0) is 20.8 Å². The van der Waals surface area contributed by atoms with Gasteiger partial charge in [0.1, 0.15) is 6.10 Å². The van der Waals surface area contributed by atoms with Gasteiger partial charge in [0, 0.05) is 0 Å². The standard InChI is InChI=1S/C19H28O3/c1-5-12-20-19-18(15(4)14(3)17(6-2)22-19)21-13-16-10-8-7-9-11-16/h5,7-11,14-15,17-19H,1,6,12-13H2,2-4H3/t14-,15-,17?,18?,19+/m0/s1. The highest BCUT2D eigenvalue weighted by Crippen LogP contribution is 2.34. The van der Waals surface area contributed by atoms with Crippen LogP contribution in [0.25, 0.3) is 0 Å². The van der Waals surface area contributed by atoms with Gasteiger partial charge < -0.3 is 14.2 Å². The van der Waals surface area contributed by atoms with E-state index in [2.05, 4.69) is 39.5 Å². The second-order valence-electron chi connectivity index (χ2n) is 6.05. The molecule has 1 aromatic carbocycles. The van der Waals surface area contributed by atoms with Crippen molar-refractivity contribution in [2.75, 3.05) is 6.61 Å². The summed E-state index contributed by atoms with van der Waals surface area (Å²) in [5.74, 6) is 0.839. The third-order valence-corrected chi connectivity index (χ3v) is 4.58. The Morgan fingerprint density at radius 3 is 2.50 bits per heavy atom. The summed E-state index contributed by atoms with van der Waals surface area (Å²) in [6.07, 6.45) is 2.59. The molecule has 1 fully saturated rings. The summed E-state index contributed by atoms with van der Waals surface area (Å²) in [4.78, 5) is 0. The molecule has 1 aliphatic rings. The monoisotopic (exact) mass is 304 g/mol. The number of rotatable bonds is 7. The maximum absolute atomic E-state index is 6.17. The third-order valence-electron chi connectivity index (χ3n) is 4.58. The van der Waals surface area contributed by atoms with E-state index in [-0.39, 0.29) is 18.5 Å². The van der Waals surface area contributed by atoms with Crippen LogP contribution in [0.3, 0.4) is 0 Å². The van der Waals surface area contributed by atoms with Gasteiger partial charge in [-0.2, -0.15) is 0 Å². The van der Waals surface area contributed by atoms with Gasteiger partial charge in [-0.1, -0.05) is 57.2 Å². The first-order valence-corrected chi connectivity index (χ1v) is 8.20. The Bertz CT molecular complexity index is 445. The van der Waals surface area contributed by atoms with Crippen LogP contribution in [0.15, 0.2) is 43.0 Å². The molecule has 2 unspecified atom stereocenters. The molecule has 0 amide bonds. The van der Waals surface area contributed by atoms with Crippen molar-refractivity contribution in [2.45, 2.75) is 52.3 Å². The lowest BCUT2D eigenvalue weighted by atomic mass is 9.82. The number of hydrogen-bond donors (Lipinski definition) is 0. The highest BCUT2D eigenvalue weighted by Gasteiger charge is 2.41. The Balaban J connectivity index is 2.04. The van der Waals surface area contributed by atoms with E-state index in [1.165, 1.54) is 5.56 Å². The van der Waals surface area contributed by atoms with Crippen molar-refractivity contribution in [2.24, 2.45) is 11.8 Å². The molecule has 1 saturated heterocycles. The topological polar surface area (TPSA) is 27.7 Å². The van der Waals surface area contributed by atoms with Gasteiger partial charge >= 0.3 is 0 Å². The van der Waals surface area contributed by atoms with Crippen molar-refractivity contribution in [3.63, 3.8) is 0 Å². The van der Waals surface area contributed by atoms with Crippen molar-refractivity contribution in [3.05, 3.63) is 48.6 Å². The minimum atomic E-state index is -0.321. The first-order chi connectivity index (χ1) is 10.7. The molecule has 1 aromatic rings. The summed E-state index contributed by atoms with van der Waals surface area (Å²) in [6.45, 7) is 11.4. The van der Waals surface area contributed by atoms with E-state index in [4.69, 9.17) is 14.2 Å². The van der Waals surface area contributed by atoms with Crippen LogP contribution in [0, 0.1) is 11.8 Å². The van der Waals surface area contributed by atoms with Crippen molar-refractivity contribution in [1.82, 2.24) is 0 Å². The minimum absolute atomic E-state index is 0.0574. The molecular formula is C19H28O3. The fourth-order valence-electron chi connectivity index (χ4n) is 3.02. The normalized spacial score (nSPS) is 31.9. The number of hydrogen-bond acceptors (Lipinski definition) is 3. The van der Waals surface area contributed by atoms with Crippen molar-refractivity contribution in [3.8, 4) is 0 Å². The van der Waals surface area contributed by atoms with Gasteiger partial charge in [-0.15, -0.1) is 6.58 Å². The molecule has 1 aliphatic heterocycles. The molecule has 0 saturated carbocycles. The molecule has 3 nitrogen and oxygen atoms in total. The molecular weight excluding hydrogens is 276 g/mol. The predicted molar refractivity (Wildman–Crippen MR) is 88.4 cm³/mol. The van der Waals surface area contributed by atoms with Gasteiger partial charge in [-0.3, -0.25) is 0 Å². The zero-order valence-corrected chi connectivity index (χ0v) is 13.9. The quantitative estimate of drug-likeness (QED) is 0.707. The zero-order valence-electron chi connectivity index (χ0n) is 13.9. The largest absolute Gasteiger partial charge is 0.368 e. The lowest BCUT2D eigenvalue weighted by Crippen LogP contribution is -2.51. The fourth-order valence-corrected chi connectivity index (χ4v) is 3.02. The number of benzene rings is 1. The molecule has 1 heterocycles. The van der Waals surface area contributed by atoms with Gasteiger partial charge in [-0.25, -0.2) is 0 Å². The average molecular weight is 304 g/mol. The van der Waals surface area contributed by atoms with E-state index in [1.54, 1.807) is 6.08 Å². The highest BCUT2D eigenvalue weighted by atomic mass is 16.7. The van der Waals surface area contributed by atoms with Crippen molar-refractivity contribution < 1.29 is 14.2 Å². The Labute approximate surface area is 134 Å². The van der Waals surface area contributed by atoms with Gasteiger partial charge in [0.25, 0.3) is 0 Å². The van der Waals surface area contributed by atoms with E-state index in [9.17, 15) is 0 Å². The second-order valence-corrected chi connectivity index (χ2v) is 6.05. The molecule has 5 atom stereocenters. The van der Waals surface area contributed by atoms with Crippen molar-refractivity contribution in [1.29, 1.82) is 0 Å². The molecule has 0 spiro atoms. The van der Waals surface area contributed by atoms with E-state index < -0.39 is 0 Å². The van der Waals surface area contributed by atoms with E-state index in [1.807, 2.05) is 18.2 Å². The number of ether oxygens (including phenoxy) is 3. The van der Waals surface area contributed by atoms with Crippen LogP contribution in [-0.4, -0.2) is 25.1 Å². The van der Waals surface area contributed by atoms with Crippen molar-refractivity contribution >= 4 is 0 Å². The SMILES string of the molecule is C=CCO[C@@H]1OC(CC)[C@@H](C)[C@H](C)C1OCc1ccccc1. The molecule has 2 rings (SSSR count). The fraction of sp³-hybridized carbons (Fsp3) is 0.579. The maximum atomic E-state index is 6.17. The maximum Gasteiger partial charge on any atom is 0.184 e. The second kappa shape index (κ2) is 8.47.